The Balaban J connectivity index is 1.60. The number of hydrogen-bond donors (Lipinski definition) is 3. The summed E-state index contributed by atoms with van der Waals surface area (Å²) in [4.78, 5) is 51.6. The first kappa shape index (κ1) is 33.9. The summed E-state index contributed by atoms with van der Waals surface area (Å²) in [6.07, 6.45) is 0.102. The van der Waals surface area contributed by atoms with E-state index in [1.807, 2.05) is 60.7 Å². The Bertz CT molecular complexity index is 1570. The minimum atomic E-state index is -1.28. The highest BCUT2D eigenvalue weighted by molar-refractivity contribution is 7.99. The predicted molar refractivity (Wildman–Crippen MR) is 174 cm³/mol. The Hall–Kier alpha value is -5.03. The van der Waals surface area contributed by atoms with Gasteiger partial charge < -0.3 is 29.6 Å². The largest absolute Gasteiger partial charge is 0.478 e. The fraction of sp³-hybridized carbons (Fsp3) is 0.257. The smallest absolute Gasteiger partial charge is 0.407 e. The summed E-state index contributed by atoms with van der Waals surface area (Å²) >= 11 is 1.25. The molecule has 0 spiro atoms. The molecular weight excluding hydrogens is 608 g/mol. The number of carboxylic acid groups (broad SMARTS) is 1. The second kappa shape index (κ2) is 15.8. The van der Waals surface area contributed by atoms with Crippen LogP contribution >= 0.6 is 11.8 Å². The van der Waals surface area contributed by atoms with Gasteiger partial charge in [-0.25, -0.2) is 14.4 Å². The molecule has 0 aliphatic heterocycles. The molecule has 11 heteroatoms. The van der Waals surface area contributed by atoms with E-state index >= 15 is 0 Å². The molecule has 1 aromatic heterocycles. The fourth-order valence-electron chi connectivity index (χ4n) is 4.47. The van der Waals surface area contributed by atoms with Crippen molar-refractivity contribution in [2.24, 2.45) is 0 Å². The van der Waals surface area contributed by atoms with Gasteiger partial charge >= 0.3 is 18.0 Å². The molecule has 240 valence electrons. The number of carboxylic acids is 1. The maximum Gasteiger partial charge on any atom is 0.407 e. The van der Waals surface area contributed by atoms with E-state index in [4.69, 9.17) is 13.9 Å². The first-order valence-corrected chi connectivity index (χ1v) is 15.6. The van der Waals surface area contributed by atoms with E-state index in [-0.39, 0.29) is 23.4 Å². The van der Waals surface area contributed by atoms with Gasteiger partial charge in [0.05, 0.1) is 22.6 Å². The van der Waals surface area contributed by atoms with Gasteiger partial charge in [0.1, 0.15) is 17.4 Å². The summed E-state index contributed by atoms with van der Waals surface area (Å²) in [5.74, 6) is -2.24. The molecule has 2 atom stereocenters. The number of furan rings is 1. The number of rotatable bonds is 13. The number of benzene rings is 3. The van der Waals surface area contributed by atoms with Gasteiger partial charge in [0.25, 0.3) is 5.91 Å². The molecule has 0 saturated heterocycles. The van der Waals surface area contributed by atoms with Gasteiger partial charge in [0, 0.05) is 12.3 Å². The van der Waals surface area contributed by atoms with Crippen LogP contribution in [0, 0.1) is 0 Å². The van der Waals surface area contributed by atoms with Crippen molar-refractivity contribution in [1.29, 1.82) is 0 Å². The summed E-state index contributed by atoms with van der Waals surface area (Å²) in [7, 11) is 0. The number of alkyl carbamates (subject to hydrolysis) is 1. The quantitative estimate of drug-likeness (QED) is 0.141. The van der Waals surface area contributed by atoms with Crippen molar-refractivity contribution in [2.75, 3.05) is 12.3 Å². The van der Waals surface area contributed by atoms with Crippen molar-refractivity contribution in [3.8, 4) is 0 Å². The number of thioether (sulfide) groups is 1. The third kappa shape index (κ3) is 9.73. The summed E-state index contributed by atoms with van der Waals surface area (Å²) in [5.41, 5.74) is 0.449. The molecule has 46 heavy (non-hydrogen) atoms. The molecule has 0 fully saturated rings. The van der Waals surface area contributed by atoms with Crippen LogP contribution in [0.15, 0.2) is 108 Å². The molecule has 4 rings (SSSR count). The molecule has 0 saturated carbocycles. The second-order valence-corrected chi connectivity index (χ2v) is 12.5. The van der Waals surface area contributed by atoms with E-state index in [0.717, 1.165) is 11.1 Å². The highest BCUT2D eigenvalue weighted by atomic mass is 32.2. The fourth-order valence-corrected chi connectivity index (χ4v) is 5.62. The molecule has 4 aromatic rings. The van der Waals surface area contributed by atoms with E-state index in [1.54, 1.807) is 39.0 Å². The van der Waals surface area contributed by atoms with Gasteiger partial charge in [-0.1, -0.05) is 72.8 Å². The molecule has 3 N–H and O–H groups in total. The minimum absolute atomic E-state index is 0.00250. The van der Waals surface area contributed by atoms with Gasteiger partial charge in [0.15, 0.2) is 6.10 Å². The molecule has 1 unspecified atom stereocenters. The lowest BCUT2D eigenvalue weighted by Gasteiger charge is -2.25. The average Bonchev–Trinajstić information content (AvgIpc) is 3.58. The van der Waals surface area contributed by atoms with E-state index < -0.39 is 46.9 Å². The normalized spacial score (nSPS) is 12.5. The van der Waals surface area contributed by atoms with E-state index in [1.165, 1.54) is 36.2 Å². The third-order valence-electron chi connectivity index (χ3n) is 6.59. The third-order valence-corrected chi connectivity index (χ3v) is 7.91. The zero-order chi connectivity index (χ0) is 33.1. The average molecular weight is 645 g/mol. The zero-order valence-electron chi connectivity index (χ0n) is 25.7. The number of nitrogens with one attached hydrogen (secondary N) is 2. The van der Waals surface area contributed by atoms with Crippen LogP contribution in [0.3, 0.4) is 0 Å². The van der Waals surface area contributed by atoms with Crippen LogP contribution in [-0.4, -0.2) is 53.0 Å². The predicted octanol–water partition coefficient (Wildman–Crippen LogP) is 6.41. The summed E-state index contributed by atoms with van der Waals surface area (Å²) in [6, 6.07) is 26.4. The molecule has 3 aromatic carbocycles. The molecule has 1 heterocycles. The Morgan fingerprint density at radius 2 is 1.41 bits per heavy atom. The highest BCUT2D eigenvalue weighted by Gasteiger charge is 2.30. The molecule has 0 bridgehead atoms. The van der Waals surface area contributed by atoms with Crippen LogP contribution in [0.1, 0.15) is 69.7 Å². The van der Waals surface area contributed by atoms with Crippen LogP contribution < -0.4 is 10.6 Å². The number of amides is 2. The van der Waals surface area contributed by atoms with Gasteiger partial charge in [-0.3, -0.25) is 4.79 Å². The van der Waals surface area contributed by atoms with Crippen LogP contribution in [-0.2, 0) is 14.3 Å². The first-order valence-electron chi connectivity index (χ1n) is 14.6. The van der Waals surface area contributed by atoms with E-state index in [2.05, 4.69) is 10.6 Å². The number of esters is 1. The first-order chi connectivity index (χ1) is 22.0. The topological polar surface area (TPSA) is 144 Å². The lowest BCUT2D eigenvalue weighted by atomic mass is 10.0. The maximum atomic E-state index is 13.9. The lowest BCUT2D eigenvalue weighted by molar-refractivity contribution is -0.149. The van der Waals surface area contributed by atoms with Gasteiger partial charge in [-0.05, 0) is 56.2 Å². The SMILES string of the molecule is CC(C)(C)OC(=O)NCC(SC[C@H](NC(=O)c1ccccc1C(=O)O)C(=O)OC(c1ccccc1)c1ccccc1)c1ccco1. The Kier molecular flexibility index (Phi) is 11.6. The van der Waals surface area contributed by atoms with Gasteiger partial charge in [-0.2, -0.15) is 0 Å². The van der Waals surface area contributed by atoms with Crippen molar-refractivity contribution in [3.05, 3.63) is 131 Å². The van der Waals surface area contributed by atoms with Crippen molar-refractivity contribution < 1.29 is 38.2 Å². The standard InChI is InChI=1S/C35H36N2O8S/c1-35(2,3)45-34(42)36-21-29(28-19-12-20-43-28)46-22-27(37-31(38)25-17-10-11-18-26(25)32(39)40)33(41)44-30(23-13-6-4-7-14-23)24-15-8-5-9-16-24/h4-20,27,29-30H,21-22H2,1-3H3,(H,36,42)(H,37,38)(H,39,40)/t27-,29?/m0/s1. The molecular formula is C35H36N2O8S. The van der Waals surface area contributed by atoms with Crippen molar-refractivity contribution >= 4 is 35.7 Å². The van der Waals surface area contributed by atoms with Gasteiger partial charge in [-0.15, -0.1) is 11.8 Å². The second-order valence-electron chi connectivity index (χ2n) is 11.2. The van der Waals surface area contributed by atoms with Crippen molar-refractivity contribution in [1.82, 2.24) is 10.6 Å². The Morgan fingerprint density at radius 3 is 1.96 bits per heavy atom. The van der Waals surface area contributed by atoms with Crippen LogP contribution in [0.4, 0.5) is 4.79 Å². The summed E-state index contributed by atoms with van der Waals surface area (Å²) in [6.45, 7) is 5.36. The number of hydrogen-bond acceptors (Lipinski definition) is 8. The maximum absolute atomic E-state index is 13.9. The zero-order valence-corrected chi connectivity index (χ0v) is 26.5. The molecule has 0 aliphatic rings. The Morgan fingerprint density at radius 1 is 0.826 bits per heavy atom. The molecule has 10 nitrogen and oxygen atoms in total. The number of aromatic carboxylic acids is 1. The minimum Gasteiger partial charge on any atom is -0.478 e. The van der Waals surface area contributed by atoms with Crippen LogP contribution in [0.5, 0.6) is 0 Å². The summed E-state index contributed by atoms with van der Waals surface area (Å²) in [5, 5.41) is 14.6. The van der Waals surface area contributed by atoms with E-state index in [0.29, 0.717) is 5.76 Å². The highest BCUT2D eigenvalue weighted by Crippen LogP contribution is 2.31. The Labute approximate surface area is 271 Å². The van der Waals surface area contributed by atoms with Crippen LogP contribution in [0.25, 0.3) is 0 Å². The van der Waals surface area contributed by atoms with Crippen molar-refractivity contribution in [3.63, 3.8) is 0 Å². The summed E-state index contributed by atoms with van der Waals surface area (Å²) < 4.78 is 17.1. The van der Waals surface area contributed by atoms with Gasteiger partial charge in [0.2, 0.25) is 0 Å². The van der Waals surface area contributed by atoms with E-state index in [9.17, 15) is 24.3 Å². The monoisotopic (exact) mass is 644 g/mol. The van der Waals surface area contributed by atoms with Crippen molar-refractivity contribution in [2.45, 2.75) is 43.8 Å². The van der Waals surface area contributed by atoms with Crippen LogP contribution in [0.2, 0.25) is 0 Å². The number of carbonyl (C=O) groups is 4. The number of carbonyl (C=O) groups excluding carboxylic acids is 3. The molecule has 0 radical (unpaired) electrons. The molecule has 2 amide bonds. The lowest BCUT2D eigenvalue weighted by Crippen LogP contribution is -2.44. The molecule has 0 aliphatic carbocycles. The number of ether oxygens (including phenoxy) is 2.